The molecule has 0 aromatic carbocycles. The average molecular weight is 248 g/mol. The van der Waals surface area contributed by atoms with Crippen molar-refractivity contribution in [2.24, 2.45) is 5.92 Å². The highest BCUT2D eigenvalue weighted by Gasteiger charge is 2.69. The van der Waals surface area contributed by atoms with Crippen LogP contribution in [0, 0.1) is 5.92 Å². The molecule has 1 aliphatic heterocycles. The van der Waals surface area contributed by atoms with E-state index in [4.69, 9.17) is 0 Å². The second kappa shape index (κ2) is 3.29. The maximum Gasteiger partial charge on any atom is 0.150 e. The first-order valence-corrected chi connectivity index (χ1v) is 8.80. The van der Waals surface area contributed by atoms with Crippen LogP contribution in [-0.4, -0.2) is 15.1 Å². The fourth-order valence-corrected chi connectivity index (χ4v) is 11.5. The van der Waals surface area contributed by atoms with Crippen molar-refractivity contribution in [3.63, 3.8) is 0 Å². The molecule has 0 aliphatic carbocycles. The van der Waals surface area contributed by atoms with E-state index in [1.165, 1.54) is 0 Å². The molecule has 0 amide bonds. The normalized spacial score (nSPS) is 38.5. The fraction of sp³-hybridized carbons (Fsp3) is 1.00. The minimum Gasteiger partial charge on any atom is -0.311 e. The number of rotatable bonds is 1. The van der Waals surface area contributed by atoms with Crippen molar-refractivity contribution in [2.75, 3.05) is 0 Å². The Morgan fingerprint density at radius 1 is 1.07 bits per heavy atom. The number of hydrogen-bond acceptors (Lipinski definition) is 2. The lowest BCUT2D eigenvalue weighted by molar-refractivity contribution is 0.280. The summed E-state index contributed by atoms with van der Waals surface area (Å²) in [6.45, 7) is 17.4. The first-order chi connectivity index (χ1) is 6.36. The van der Waals surface area contributed by atoms with E-state index in [2.05, 4.69) is 55.4 Å². The van der Waals surface area contributed by atoms with Gasteiger partial charge in [0.05, 0.1) is 0 Å². The molecule has 0 N–H and O–H groups in total. The standard InChI is InChI=1S/C12H25OPS/c1-9-11(5,6)14(13,12(9,7)8)15-10(2,3)4/h9H,1-8H3. The zero-order chi connectivity index (χ0) is 12.3. The highest BCUT2D eigenvalue weighted by molar-refractivity contribution is 8.59. The summed E-state index contributed by atoms with van der Waals surface area (Å²) in [6.07, 6.45) is -2.16. The van der Waals surface area contributed by atoms with Crippen LogP contribution >= 0.6 is 17.7 Å². The predicted molar refractivity (Wildman–Crippen MR) is 72.3 cm³/mol. The maximum absolute atomic E-state index is 13.2. The minimum atomic E-state index is -2.16. The molecule has 15 heavy (non-hydrogen) atoms. The molecule has 0 bridgehead atoms. The van der Waals surface area contributed by atoms with Gasteiger partial charge in [0.2, 0.25) is 0 Å². The molecule has 1 saturated heterocycles. The van der Waals surface area contributed by atoms with E-state index in [1.54, 1.807) is 11.4 Å². The van der Waals surface area contributed by atoms with Gasteiger partial charge in [-0.2, -0.15) is 0 Å². The van der Waals surface area contributed by atoms with Crippen LogP contribution in [0.1, 0.15) is 55.4 Å². The molecule has 1 rings (SSSR count). The smallest absolute Gasteiger partial charge is 0.150 e. The molecule has 1 nitrogen and oxygen atoms in total. The zero-order valence-electron chi connectivity index (χ0n) is 11.3. The van der Waals surface area contributed by atoms with Crippen LogP contribution in [-0.2, 0) is 4.57 Å². The lowest BCUT2D eigenvalue weighted by Crippen LogP contribution is -2.56. The molecular formula is C12H25OPS. The summed E-state index contributed by atoms with van der Waals surface area (Å²) in [5, 5.41) is -0.0110. The van der Waals surface area contributed by atoms with Crippen molar-refractivity contribution in [2.45, 2.75) is 70.4 Å². The van der Waals surface area contributed by atoms with Gasteiger partial charge in [0.25, 0.3) is 0 Å². The number of hydrogen-bond donors (Lipinski definition) is 0. The van der Waals surface area contributed by atoms with Crippen LogP contribution in [0.2, 0.25) is 0 Å². The van der Waals surface area contributed by atoms with Crippen LogP contribution in [0.25, 0.3) is 0 Å². The lowest BCUT2D eigenvalue weighted by Gasteiger charge is -2.63. The second-order valence-electron chi connectivity index (χ2n) is 6.78. The molecular weight excluding hydrogens is 223 g/mol. The van der Waals surface area contributed by atoms with Crippen molar-refractivity contribution in [3.8, 4) is 0 Å². The quantitative estimate of drug-likeness (QED) is 0.607. The third-order valence-corrected chi connectivity index (χ3v) is 13.9. The van der Waals surface area contributed by atoms with Crippen molar-refractivity contribution in [1.29, 1.82) is 0 Å². The van der Waals surface area contributed by atoms with E-state index in [9.17, 15) is 4.57 Å². The van der Waals surface area contributed by atoms with Crippen molar-refractivity contribution in [3.05, 3.63) is 0 Å². The van der Waals surface area contributed by atoms with Crippen molar-refractivity contribution < 1.29 is 4.57 Å². The van der Waals surface area contributed by atoms with Gasteiger partial charge in [0.15, 0.2) is 6.34 Å². The van der Waals surface area contributed by atoms with Crippen LogP contribution in [0.5, 0.6) is 0 Å². The Kier molecular flexibility index (Phi) is 2.99. The molecule has 0 saturated carbocycles. The van der Waals surface area contributed by atoms with Gasteiger partial charge in [-0.1, -0.05) is 66.8 Å². The largest absolute Gasteiger partial charge is 0.311 e. The third kappa shape index (κ3) is 1.72. The average Bonchev–Trinajstić information content (AvgIpc) is 1.98. The van der Waals surface area contributed by atoms with Crippen LogP contribution in [0.3, 0.4) is 0 Å². The summed E-state index contributed by atoms with van der Waals surface area (Å²) in [5.74, 6) is 0.533. The highest BCUT2D eigenvalue weighted by Crippen LogP contribution is 2.89. The Bertz CT molecular complexity index is 292. The molecule has 1 fully saturated rings. The molecule has 1 aliphatic rings. The molecule has 3 heteroatoms. The van der Waals surface area contributed by atoms with E-state index < -0.39 is 6.34 Å². The fourth-order valence-electron chi connectivity index (χ4n) is 2.67. The van der Waals surface area contributed by atoms with Gasteiger partial charge >= 0.3 is 0 Å². The molecule has 0 atom stereocenters. The Morgan fingerprint density at radius 3 is 1.67 bits per heavy atom. The SMILES string of the molecule is CC1C(C)(C)P(=O)(SC(C)(C)C)C1(C)C. The molecule has 0 radical (unpaired) electrons. The van der Waals surface area contributed by atoms with Gasteiger partial charge in [-0.05, 0) is 5.92 Å². The molecule has 0 spiro atoms. The van der Waals surface area contributed by atoms with E-state index >= 15 is 0 Å². The third-order valence-electron chi connectivity index (χ3n) is 4.04. The van der Waals surface area contributed by atoms with Crippen molar-refractivity contribution in [1.82, 2.24) is 0 Å². The summed E-state index contributed by atoms with van der Waals surface area (Å²) < 4.78 is 13.3. The summed E-state index contributed by atoms with van der Waals surface area (Å²) >= 11 is 1.72. The molecule has 0 unspecified atom stereocenters. The lowest BCUT2D eigenvalue weighted by atomic mass is 9.83. The topological polar surface area (TPSA) is 17.1 Å². The summed E-state index contributed by atoms with van der Waals surface area (Å²) in [7, 11) is 0. The van der Waals surface area contributed by atoms with Gasteiger partial charge in [0, 0.05) is 15.1 Å². The Hall–Kier alpha value is 0.580. The summed E-state index contributed by atoms with van der Waals surface area (Å²) in [6, 6.07) is 0. The van der Waals surface area contributed by atoms with Crippen LogP contribution in [0.15, 0.2) is 0 Å². The van der Waals surface area contributed by atoms with Gasteiger partial charge in [-0.15, -0.1) is 0 Å². The second-order valence-corrected chi connectivity index (χ2v) is 13.7. The van der Waals surface area contributed by atoms with Crippen molar-refractivity contribution >= 4 is 17.7 Å². The predicted octanol–water partition coefficient (Wildman–Crippen LogP) is 5.00. The Morgan fingerprint density at radius 2 is 1.40 bits per heavy atom. The zero-order valence-corrected chi connectivity index (χ0v) is 13.1. The van der Waals surface area contributed by atoms with Gasteiger partial charge in [0.1, 0.15) is 0 Å². The minimum absolute atomic E-state index is 0.00551. The van der Waals surface area contributed by atoms with Crippen LogP contribution < -0.4 is 0 Å². The molecule has 90 valence electrons. The van der Waals surface area contributed by atoms with E-state index in [0.717, 1.165) is 0 Å². The first kappa shape index (κ1) is 13.6. The monoisotopic (exact) mass is 248 g/mol. The van der Waals surface area contributed by atoms with Gasteiger partial charge < -0.3 is 4.57 Å². The molecule has 1 heterocycles. The van der Waals surface area contributed by atoms with E-state index in [-0.39, 0.29) is 15.1 Å². The summed E-state index contributed by atoms with van der Waals surface area (Å²) in [5.41, 5.74) is 0. The van der Waals surface area contributed by atoms with E-state index in [1.807, 2.05) is 0 Å². The molecule has 0 aromatic heterocycles. The summed E-state index contributed by atoms with van der Waals surface area (Å²) in [4.78, 5) is 0. The van der Waals surface area contributed by atoms with Crippen LogP contribution in [0.4, 0.5) is 0 Å². The van der Waals surface area contributed by atoms with Gasteiger partial charge in [-0.25, -0.2) is 0 Å². The Balaban J connectivity index is 3.08. The first-order valence-electron chi connectivity index (χ1n) is 5.67. The highest BCUT2D eigenvalue weighted by atomic mass is 32.7. The van der Waals surface area contributed by atoms with Gasteiger partial charge in [-0.3, -0.25) is 0 Å². The molecule has 0 aromatic rings. The van der Waals surface area contributed by atoms with E-state index in [0.29, 0.717) is 5.92 Å². The maximum atomic E-state index is 13.2. The Labute approximate surface area is 98.9 Å².